The Bertz CT molecular complexity index is 752. The molecular formula is C24H34N2O4. The lowest BCUT2D eigenvalue weighted by Gasteiger charge is -2.44. The van der Waals surface area contributed by atoms with Crippen LogP contribution >= 0.6 is 0 Å². The van der Waals surface area contributed by atoms with E-state index in [0.29, 0.717) is 26.3 Å². The summed E-state index contributed by atoms with van der Waals surface area (Å²) in [6.07, 6.45) is 6.59. The second-order valence-electron chi connectivity index (χ2n) is 9.26. The van der Waals surface area contributed by atoms with E-state index in [9.17, 15) is 9.59 Å². The van der Waals surface area contributed by atoms with Gasteiger partial charge in [-0.3, -0.25) is 9.59 Å². The van der Waals surface area contributed by atoms with Crippen LogP contribution in [-0.2, 0) is 24.5 Å². The van der Waals surface area contributed by atoms with Crippen LogP contribution in [0.2, 0.25) is 0 Å². The van der Waals surface area contributed by atoms with Gasteiger partial charge in [0.05, 0.1) is 18.6 Å². The summed E-state index contributed by atoms with van der Waals surface area (Å²) < 4.78 is 11.7. The maximum Gasteiger partial charge on any atom is 0.233 e. The largest absolute Gasteiger partial charge is 0.347 e. The van der Waals surface area contributed by atoms with Crippen LogP contribution in [0, 0.1) is 5.92 Å². The number of amides is 2. The van der Waals surface area contributed by atoms with E-state index in [1.807, 2.05) is 43.0 Å². The highest BCUT2D eigenvalue weighted by molar-refractivity contribution is 5.92. The number of likely N-dealkylation sites (tertiary alicyclic amines) is 1. The van der Waals surface area contributed by atoms with Crippen LogP contribution in [0.25, 0.3) is 0 Å². The third kappa shape index (κ3) is 4.12. The zero-order valence-electron chi connectivity index (χ0n) is 18.2. The summed E-state index contributed by atoms with van der Waals surface area (Å²) in [5, 5.41) is 2.94. The number of piperidine rings is 1. The van der Waals surface area contributed by atoms with E-state index in [1.54, 1.807) is 0 Å². The third-order valence-electron chi connectivity index (χ3n) is 6.97. The van der Waals surface area contributed by atoms with Gasteiger partial charge >= 0.3 is 0 Å². The van der Waals surface area contributed by atoms with Crippen LogP contribution in [0.15, 0.2) is 24.3 Å². The molecule has 1 spiro atoms. The number of hydrogen-bond acceptors (Lipinski definition) is 4. The van der Waals surface area contributed by atoms with Crippen molar-refractivity contribution in [2.45, 2.75) is 70.0 Å². The zero-order valence-corrected chi connectivity index (χ0v) is 18.2. The molecule has 0 atom stereocenters. The average Bonchev–Trinajstić information content (AvgIpc) is 3.22. The first-order valence-electron chi connectivity index (χ1n) is 11.4. The van der Waals surface area contributed by atoms with E-state index < -0.39 is 11.2 Å². The minimum absolute atomic E-state index is 0.00445. The molecule has 2 heterocycles. The fourth-order valence-corrected chi connectivity index (χ4v) is 5.08. The molecule has 164 valence electrons. The maximum atomic E-state index is 13.8. The minimum Gasteiger partial charge on any atom is -0.347 e. The lowest BCUT2D eigenvalue weighted by molar-refractivity contribution is -0.189. The number of benzene rings is 1. The van der Waals surface area contributed by atoms with Gasteiger partial charge in [0.1, 0.15) is 0 Å². The Morgan fingerprint density at radius 1 is 0.933 bits per heavy atom. The fraction of sp³-hybridized carbons (Fsp3) is 0.667. The van der Waals surface area contributed by atoms with Crippen molar-refractivity contribution in [3.63, 3.8) is 0 Å². The first-order chi connectivity index (χ1) is 14.4. The van der Waals surface area contributed by atoms with E-state index in [1.165, 1.54) is 6.42 Å². The van der Waals surface area contributed by atoms with Crippen molar-refractivity contribution < 1.29 is 19.1 Å². The molecule has 0 bridgehead atoms. The molecule has 1 aromatic carbocycles. The first-order valence-corrected chi connectivity index (χ1v) is 11.4. The smallest absolute Gasteiger partial charge is 0.233 e. The molecule has 2 aliphatic heterocycles. The molecule has 4 rings (SSSR count). The fourth-order valence-electron chi connectivity index (χ4n) is 5.08. The Labute approximate surface area is 179 Å². The Kier molecular flexibility index (Phi) is 6.16. The van der Waals surface area contributed by atoms with Gasteiger partial charge in [-0.05, 0) is 30.5 Å². The Hall–Kier alpha value is -1.92. The molecule has 6 nitrogen and oxygen atoms in total. The van der Waals surface area contributed by atoms with E-state index in [-0.39, 0.29) is 17.7 Å². The van der Waals surface area contributed by atoms with Crippen molar-refractivity contribution in [3.05, 3.63) is 29.8 Å². The number of ether oxygens (including phenoxy) is 2. The lowest BCUT2D eigenvalue weighted by atomic mass is 9.68. The summed E-state index contributed by atoms with van der Waals surface area (Å²) in [5.74, 6) is -0.280. The summed E-state index contributed by atoms with van der Waals surface area (Å²) in [7, 11) is 0. The molecule has 6 heteroatoms. The first kappa shape index (κ1) is 21.3. The van der Waals surface area contributed by atoms with Gasteiger partial charge in [-0.15, -0.1) is 0 Å². The van der Waals surface area contributed by atoms with Gasteiger partial charge in [0.25, 0.3) is 0 Å². The maximum absolute atomic E-state index is 13.8. The number of hydrogen-bond donors (Lipinski definition) is 1. The number of carbonyl (C=O) groups excluding carboxylic acids is 2. The summed E-state index contributed by atoms with van der Waals surface area (Å²) >= 11 is 0. The van der Waals surface area contributed by atoms with Crippen molar-refractivity contribution in [1.29, 1.82) is 0 Å². The highest BCUT2D eigenvalue weighted by Gasteiger charge is 2.47. The summed E-state index contributed by atoms with van der Waals surface area (Å²) in [4.78, 5) is 27.8. The highest BCUT2D eigenvalue weighted by Crippen LogP contribution is 2.43. The molecule has 1 aromatic rings. The molecule has 0 unspecified atom stereocenters. The molecule has 1 saturated carbocycles. The molecule has 3 fully saturated rings. The van der Waals surface area contributed by atoms with Gasteiger partial charge in [0.2, 0.25) is 11.8 Å². The molecule has 3 aliphatic rings. The van der Waals surface area contributed by atoms with Crippen LogP contribution < -0.4 is 5.32 Å². The van der Waals surface area contributed by atoms with E-state index in [2.05, 4.69) is 5.32 Å². The SMILES string of the molecule is CC(C)C(=O)Nc1ccc(C2(C(=O)N3CCC4(CC3)OCCO4)CCCCC2)cc1. The Balaban J connectivity index is 1.51. The molecule has 0 aromatic heterocycles. The van der Waals surface area contributed by atoms with Crippen molar-refractivity contribution in [2.75, 3.05) is 31.6 Å². The second-order valence-corrected chi connectivity index (χ2v) is 9.26. The van der Waals surface area contributed by atoms with Crippen molar-refractivity contribution in [1.82, 2.24) is 4.90 Å². The van der Waals surface area contributed by atoms with Crippen LogP contribution in [0.5, 0.6) is 0 Å². The predicted molar refractivity (Wildman–Crippen MR) is 115 cm³/mol. The number of nitrogens with zero attached hydrogens (tertiary/aromatic N) is 1. The number of anilines is 1. The highest BCUT2D eigenvalue weighted by atomic mass is 16.7. The van der Waals surface area contributed by atoms with Gasteiger partial charge < -0.3 is 19.7 Å². The lowest BCUT2D eigenvalue weighted by Crippen LogP contribution is -2.53. The molecule has 1 aliphatic carbocycles. The average molecular weight is 415 g/mol. The van der Waals surface area contributed by atoms with Gasteiger partial charge in [-0.1, -0.05) is 45.2 Å². The Morgan fingerprint density at radius 2 is 1.53 bits per heavy atom. The molecule has 30 heavy (non-hydrogen) atoms. The number of rotatable bonds is 4. The summed E-state index contributed by atoms with van der Waals surface area (Å²) in [6.45, 7) is 6.43. The summed E-state index contributed by atoms with van der Waals surface area (Å²) in [6, 6.07) is 7.94. The van der Waals surface area contributed by atoms with Crippen LogP contribution in [0.4, 0.5) is 5.69 Å². The quantitative estimate of drug-likeness (QED) is 0.813. The van der Waals surface area contributed by atoms with E-state index in [0.717, 1.165) is 49.8 Å². The van der Waals surface area contributed by atoms with Crippen LogP contribution in [0.1, 0.15) is 64.4 Å². The summed E-state index contributed by atoms with van der Waals surface area (Å²) in [5.41, 5.74) is 1.40. The minimum atomic E-state index is -0.465. The zero-order chi connectivity index (χ0) is 21.2. The van der Waals surface area contributed by atoms with Gasteiger partial charge in [-0.2, -0.15) is 0 Å². The molecule has 0 radical (unpaired) electrons. The van der Waals surface area contributed by atoms with Crippen molar-refractivity contribution in [3.8, 4) is 0 Å². The molecule has 2 saturated heterocycles. The van der Waals surface area contributed by atoms with Gasteiger partial charge in [0, 0.05) is 37.5 Å². The number of nitrogens with one attached hydrogen (secondary N) is 1. The predicted octanol–water partition coefficient (Wildman–Crippen LogP) is 3.85. The van der Waals surface area contributed by atoms with E-state index >= 15 is 0 Å². The normalized spacial score (nSPS) is 23.0. The van der Waals surface area contributed by atoms with Crippen LogP contribution in [0.3, 0.4) is 0 Å². The Morgan fingerprint density at radius 3 is 2.10 bits per heavy atom. The molecular weight excluding hydrogens is 380 g/mol. The monoisotopic (exact) mass is 414 g/mol. The van der Waals surface area contributed by atoms with Crippen molar-refractivity contribution in [2.24, 2.45) is 5.92 Å². The number of carbonyl (C=O) groups is 2. The molecule has 1 N–H and O–H groups in total. The standard InChI is InChI=1S/C24H34N2O4/c1-18(2)21(27)25-20-8-6-19(7-9-20)23(10-4-3-5-11-23)22(28)26-14-12-24(13-15-26)29-16-17-30-24/h6-9,18H,3-5,10-17H2,1-2H3,(H,25,27). The topological polar surface area (TPSA) is 67.9 Å². The van der Waals surface area contributed by atoms with Gasteiger partial charge in [-0.25, -0.2) is 0 Å². The van der Waals surface area contributed by atoms with E-state index in [4.69, 9.17) is 9.47 Å². The van der Waals surface area contributed by atoms with Crippen LogP contribution in [-0.4, -0.2) is 48.8 Å². The molecule has 2 amide bonds. The third-order valence-corrected chi connectivity index (χ3v) is 6.97. The second kappa shape index (κ2) is 8.67. The van der Waals surface area contributed by atoms with Gasteiger partial charge in [0.15, 0.2) is 5.79 Å². The van der Waals surface area contributed by atoms with Crippen molar-refractivity contribution >= 4 is 17.5 Å².